The van der Waals surface area contributed by atoms with Crippen molar-refractivity contribution in [3.63, 3.8) is 0 Å². The SMILES string of the molecule is CC(C)(C)OC(=O)NCCC#Cc1cnc(Cl)c(F)c1. The van der Waals surface area contributed by atoms with E-state index in [4.69, 9.17) is 16.3 Å². The van der Waals surface area contributed by atoms with E-state index in [9.17, 15) is 9.18 Å². The number of rotatable bonds is 2. The number of alkyl carbamates (subject to hydrolysis) is 1. The third-order valence-electron chi connectivity index (χ3n) is 1.95. The lowest BCUT2D eigenvalue weighted by Gasteiger charge is -2.19. The minimum atomic E-state index is -0.606. The minimum absolute atomic E-state index is 0.179. The van der Waals surface area contributed by atoms with Gasteiger partial charge >= 0.3 is 6.09 Å². The van der Waals surface area contributed by atoms with E-state index in [-0.39, 0.29) is 5.15 Å². The van der Waals surface area contributed by atoms with Crippen LogP contribution in [0.5, 0.6) is 0 Å². The number of aromatic nitrogens is 1. The first-order chi connectivity index (χ1) is 9.28. The molecule has 0 aromatic carbocycles. The Morgan fingerprint density at radius 2 is 2.25 bits per heavy atom. The zero-order chi connectivity index (χ0) is 15.2. The summed E-state index contributed by atoms with van der Waals surface area (Å²) in [4.78, 5) is 15.0. The number of nitrogens with one attached hydrogen (secondary N) is 1. The highest BCUT2D eigenvalue weighted by atomic mass is 35.5. The van der Waals surface area contributed by atoms with Gasteiger partial charge in [0.25, 0.3) is 0 Å². The number of hydrogen-bond acceptors (Lipinski definition) is 3. The molecule has 0 saturated heterocycles. The molecule has 0 unspecified atom stereocenters. The van der Waals surface area contributed by atoms with Crippen LogP contribution >= 0.6 is 11.6 Å². The van der Waals surface area contributed by atoms with E-state index in [0.717, 1.165) is 0 Å². The molecule has 20 heavy (non-hydrogen) atoms. The Balaban J connectivity index is 2.36. The van der Waals surface area contributed by atoms with Gasteiger partial charge in [0, 0.05) is 24.7 Å². The van der Waals surface area contributed by atoms with Crippen molar-refractivity contribution in [3.8, 4) is 11.8 Å². The maximum atomic E-state index is 13.1. The molecule has 1 rings (SSSR count). The van der Waals surface area contributed by atoms with E-state index in [0.29, 0.717) is 18.5 Å². The van der Waals surface area contributed by atoms with Gasteiger partial charge in [-0.05, 0) is 26.8 Å². The van der Waals surface area contributed by atoms with Gasteiger partial charge < -0.3 is 10.1 Å². The van der Waals surface area contributed by atoms with Crippen LogP contribution in [0, 0.1) is 17.7 Å². The van der Waals surface area contributed by atoms with Crippen molar-refractivity contribution < 1.29 is 13.9 Å². The summed E-state index contributed by atoms with van der Waals surface area (Å²) in [7, 11) is 0. The van der Waals surface area contributed by atoms with Crippen LogP contribution in [0.2, 0.25) is 5.15 Å². The van der Waals surface area contributed by atoms with Crippen LogP contribution in [0.3, 0.4) is 0 Å². The highest BCUT2D eigenvalue weighted by Crippen LogP contribution is 2.11. The van der Waals surface area contributed by atoms with Gasteiger partial charge in [-0.25, -0.2) is 14.2 Å². The summed E-state index contributed by atoms with van der Waals surface area (Å²) < 4.78 is 18.1. The van der Waals surface area contributed by atoms with Gasteiger partial charge in [-0.2, -0.15) is 0 Å². The van der Waals surface area contributed by atoms with Crippen molar-refractivity contribution in [1.82, 2.24) is 10.3 Å². The number of nitrogens with zero attached hydrogens (tertiary/aromatic N) is 1. The van der Waals surface area contributed by atoms with Gasteiger partial charge in [-0.1, -0.05) is 23.4 Å². The number of ether oxygens (including phenoxy) is 1. The van der Waals surface area contributed by atoms with Gasteiger partial charge in [0.2, 0.25) is 0 Å². The van der Waals surface area contributed by atoms with Crippen molar-refractivity contribution in [2.75, 3.05) is 6.54 Å². The predicted octanol–water partition coefficient (Wildman–Crippen LogP) is 3.14. The molecule has 0 fully saturated rings. The lowest BCUT2D eigenvalue weighted by molar-refractivity contribution is 0.0529. The fourth-order valence-corrected chi connectivity index (χ4v) is 1.30. The van der Waals surface area contributed by atoms with E-state index in [1.54, 1.807) is 20.8 Å². The Kier molecular flexibility index (Phi) is 5.78. The highest BCUT2D eigenvalue weighted by Gasteiger charge is 2.15. The van der Waals surface area contributed by atoms with Crippen molar-refractivity contribution in [3.05, 3.63) is 28.8 Å². The summed E-state index contributed by atoms with van der Waals surface area (Å²) in [6.45, 7) is 5.71. The highest BCUT2D eigenvalue weighted by molar-refractivity contribution is 6.29. The van der Waals surface area contributed by atoms with E-state index >= 15 is 0 Å². The lowest BCUT2D eigenvalue weighted by Crippen LogP contribution is -2.32. The summed E-state index contributed by atoms with van der Waals surface area (Å²) in [5.74, 6) is 4.92. The second-order valence-electron chi connectivity index (χ2n) is 4.98. The zero-order valence-electron chi connectivity index (χ0n) is 11.6. The maximum absolute atomic E-state index is 13.1. The fraction of sp³-hybridized carbons (Fsp3) is 0.429. The summed E-state index contributed by atoms with van der Waals surface area (Å²) in [6.07, 6.45) is 1.32. The van der Waals surface area contributed by atoms with Crippen molar-refractivity contribution >= 4 is 17.7 Å². The van der Waals surface area contributed by atoms with Crippen LogP contribution in [0.1, 0.15) is 32.8 Å². The van der Waals surface area contributed by atoms with Crippen LogP contribution in [0.25, 0.3) is 0 Å². The van der Waals surface area contributed by atoms with Crippen LogP contribution in [0.15, 0.2) is 12.3 Å². The third-order valence-corrected chi connectivity index (χ3v) is 2.23. The Labute approximate surface area is 122 Å². The lowest BCUT2D eigenvalue weighted by atomic mass is 10.2. The molecule has 1 aromatic heterocycles. The molecule has 4 nitrogen and oxygen atoms in total. The van der Waals surface area contributed by atoms with E-state index in [1.165, 1.54) is 12.3 Å². The number of amides is 1. The number of carbonyl (C=O) groups excluding carboxylic acids is 1. The molecule has 0 atom stereocenters. The predicted molar refractivity (Wildman–Crippen MR) is 74.9 cm³/mol. The van der Waals surface area contributed by atoms with Gasteiger partial charge in [0.05, 0.1) is 0 Å². The number of pyridine rings is 1. The van der Waals surface area contributed by atoms with Crippen molar-refractivity contribution in [2.45, 2.75) is 32.8 Å². The Bertz CT molecular complexity index is 544. The summed E-state index contributed by atoms with van der Waals surface area (Å²) in [5.41, 5.74) is -0.0911. The standard InChI is InChI=1S/C14H16ClFN2O2/c1-14(2,3)20-13(19)17-7-5-4-6-10-8-11(16)12(15)18-9-10/h8-9H,5,7H2,1-3H3,(H,17,19). The van der Waals surface area contributed by atoms with Crippen molar-refractivity contribution in [2.24, 2.45) is 0 Å². The summed E-state index contributed by atoms with van der Waals surface area (Å²) in [5, 5.41) is 2.39. The monoisotopic (exact) mass is 298 g/mol. The Hall–Kier alpha value is -1.80. The number of carbonyl (C=O) groups is 1. The average Bonchev–Trinajstić information content (AvgIpc) is 2.31. The molecule has 0 aliphatic heterocycles. The molecule has 1 amide bonds. The Morgan fingerprint density at radius 1 is 1.55 bits per heavy atom. The molecule has 0 saturated carbocycles. The van der Waals surface area contributed by atoms with Gasteiger partial charge in [0.1, 0.15) is 5.60 Å². The van der Waals surface area contributed by atoms with Crippen LogP contribution in [-0.2, 0) is 4.74 Å². The largest absolute Gasteiger partial charge is 0.444 e. The Morgan fingerprint density at radius 3 is 2.85 bits per heavy atom. The number of hydrogen-bond donors (Lipinski definition) is 1. The topological polar surface area (TPSA) is 51.2 Å². The molecule has 6 heteroatoms. The van der Waals surface area contributed by atoms with Gasteiger partial charge in [-0.15, -0.1) is 0 Å². The minimum Gasteiger partial charge on any atom is -0.444 e. The smallest absolute Gasteiger partial charge is 0.407 e. The van der Waals surface area contributed by atoms with Crippen molar-refractivity contribution in [1.29, 1.82) is 0 Å². The van der Waals surface area contributed by atoms with Crippen LogP contribution in [-0.4, -0.2) is 23.2 Å². The molecular formula is C14H16ClFN2O2. The maximum Gasteiger partial charge on any atom is 0.407 e. The molecule has 1 heterocycles. The molecule has 0 spiro atoms. The quantitative estimate of drug-likeness (QED) is 0.518. The first-order valence-electron chi connectivity index (χ1n) is 6.05. The second kappa shape index (κ2) is 7.11. The first kappa shape index (κ1) is 16.3. The molecular weight excluding hydrogens is 283 g/mol. The average molecular weight is 299 g/mol. The molecule has 0 radical (unpaired) electrons. The first-order valence-corrected chi connectivity index (χ1v) is 6.42. The summed E-state index contributed by atoms with van der Waals surface area (Å²) in [6, 6.07) is 1.21. The fourth-order valence-electron chi connectivity index (χ4n) is 1.20. The summed E-state index contributed by atoms with van der Waals surface area (Å²) >= 11 is 5.46. The zero-order valence-corrected chi connectivity index (χ0v) is 12.3. The van der Waals surface area contributed by atoms with E-state index < -0.39 is 17.5 Å². The van der Waals surface area contributed by atoms with Crippen LogP contribution < -0.4 is 5.32 Å². The molecule has 0 bridgehead atoms. The second-order valence-corrected chi connectivity index (χ2v) is 5.34. The molecule has 108 valence electrons. The molecule has 0 aliphatic carbocycles. The van der Waals surface area contributed by atoms with Crippen LogP contribution in [0.4, 0.5) is 9.18 Å². The van der Waals surface area contributed by atoms with E-state index in [2.05, 4.69) is 22.1 Å². The number of halogens is 2. The molecule has 0 aliphatic rings. The van der Waals surface area contributed by atoms with Gasteiger partial charge in [-0.3, -0.25) is 0 Å². The molecule has 1 N–H and O–H groups in total. The third kappa shape index (κ3) is 6.39. The normalized spacial score (nSPS) is 10.4. The van der Waals surface area contributed by atoms with E-state index in [1.807, 2.05) is 0 Å². The molecule has 1 aromatic rings. The van der Waals surface area contributed by atoms with Gasteiger partial charge in [0.15, 0.2) is 11.0 Å².